The third-order valence-electron chi connectivity index (χ3n) is 1.45. The van der Waals surface area contributed by atoms with E-state index in [1.807, 2.05) is 7.05 Å². The third kappa shape index (κ3) is 2.06. The quantitative estimate of drug-likeness (QED) is 0.539. The van der Waals surface area contributed by atoms with E-state index >= 15 is 0 Å². The van der Waals surface area contributed by atoms with Crippen LogP contribution >= 0.6 is 0 Å². The van der Waals surface area contributed by atoms with Crippen molar-refractivity contribution in [3.8, 4) is 0 Å². The van der Waals surface area contributed by atoms with Gasteiger partial charge < -0.3 is 9.73 Å². The lowest BCUT2D eigenvalue weighted by Crippen LogP contribution is -2.09. The van der Waals surface area contributed by atoms with Crippen LogP contribution in [0.15, 0.2) is 16.5 Å². The summed E-state index contributed by atoms with van der Waals surface area (Å²) in [6.07, 6.45) is 0.671. The van der Waals surface area contributed by atoms with E-state index in [9.17, 15) is 10.1 Å². The Labute approximate surface area is 69.5 Å². The van der Waals surface area contributed by atoms with Gasteiger partial charge in [-0.2, -0.15) is 0 Å². The fourth-order valence-electron chi connectivity index (χ4n) is 0.847. The summed E-state index contributed by atoms with van der Waals surface area (Å²) in [5.74, 6) is 0.442. The largest absolute Gasteiger partial charge is 0.433 e. The molecule has 1 heterocycles. The van der Waals surface area contributed by atoms with Crippen LogP contribution in [0.25, 0.3) is 0 Å². The topological polar surface area (TPSA) is 68.3 Å². The smallest absolute Gasteiger partial charge is 0.406 e. The molecule has 12 heavy (non-hydrogen) atoms. The molecule has 1 N–H and O–H groups in total. The van der Waals surface area contributed by atoms with E-state index in [1.165, 1.54) is 6.07 Å². The van der Waals surface area contributed by atoms with Gasteiger partial charge in [-0.05, 0) is 13.1 Å². The number of hydrogen-bond donors (Lipinski definition) is 1. The first-order valence-electron chi connectivity index (χ1n) is 3.61. The Morgan fingerprint density at radius 3 is 2.92 bits per heavy atom. The van der Waals surface area contributed by atoms with Gasteiger partial charge in [0.1, 0.15) is 10.7 Å². The van der Waals surface area contributed by atoms with Crippen LogP contribution in [-0.4, -0.2) is 18.5 Å². The highest BCUT2D eigenvalue weighted by Crippen LogP contribution is 2.15. The summed E-state index contributed by atoms with van der Waals surface area (Å²) in [5, 5.41) is 13.1. The van der Waals surface area contributed by atoms with Crippen LogP contribution < -0.4 is 5.32 Å². The zero-order valence-electron chi connectivity index (χ0n) is 6.74. The minimum Gasteiger partial charge on any atom is -0.406 e. The second kappa shape index (κ2) is 3.87. The van der Waals surface area contributed by atoms with E-state index in [2.05, 4.69) is 5.32 Å². The van der Waals surface area contributed by atoms with E-state index in [1.54, 1.807) is 6.07 Å². The SMILES string of the molecule is CNCCc1ccc([N+](=O)[O-])o1. The molecule has 0 saturated heterocycles. The minimum absolute atomic E-state index is 0.193. The second-order valence-corrected chi connectivity index (χ2v) is 2.35. The average Bonchev–Trinajstić information content (AvgIpc) is 2.48. The summed E-state index contributed by atoms with van der Waals surface area (Å²) >= 11 is 0. The summed E-state index contributed by atoms with van der Waals surface area (Å²) in [5.41, 5.74) is 0. The molecule has 66 valence electrons. The number of furan rings is 1. The van der Waals surface area contributed by atoms with Crippen molar-refractivity contribution in [2.24, 2.45) is 0 Å². The molecule has 5 heteroatoms. The molecule has 1 aromatic rings. The molecular weight excluding hydrogens is 160 g/mol. The normalized spacial score (nSPS) is 10.1. The highest BCUT2D eigenvalue weighted by Gasteiger charge is 2.10. The average molecular weight is 170 g/mol. The first-order valence-corrected chi connectivity index (χ1v) is 3.61. The predicted octanol–water partition coefficient (Wildman–Crippen LogP) is 0.950. The number of rotatable bonds is 4. The first-order chi connectivity index (χ1) is 5.74. The Morgan fingerprint density at radius 1 is 1.67 bits per heavy atom. The number of hydrogen-bond acceptors (Lipinski definition) is 4. The van der Waals surface area contributed by atoms with Gasteiger partial charge in [-0.25, -0.2) is 0 Å². The molecular formula is C7H10N2O3. The first kappa shape index (κ1) is 8.73. The molecule has 0 aliphatic carbocycles. The lowest BCUT2D eigenvalue weighted by atomic mass is 10.3. The summed E-state index contributed by atoms with van der Waals surface area (Å²) < 4.78 is 4.91. The lowest BCUT2D eigenvalue weighted by molar-refractivity contribution is -0.402. The molecule has 1 rings (SSSR count). The Bertz CT molecular complexity index is 269. The maximum atomic E-state index is 10.2. The van der Waals surface area contributed by atoms with Crippen molar-refractivity contribution in [2.75, 3.05) is 13.6 Å². The standard InChI is InChI=1S/C7H10N2O3/c1-8-5-4-6-2-3-7(12-6)9(10)11/h2-3,8H,4-5H2,1H3. The molecule has 1 aromatic heterocycles. The number of nitrogens with zero attached hydrogens (tertiary/aromatic N) is 1. The van der Waals surface area contributed by atoms with Crippen molar-refractivity contribution in [3.63, 3.8) is 0 Å². The van der Waals surface area contributed by atoms with Gasteiger partial charge in [0.25, 0.3) is 0 Å². The lowest BCUT2D eigenvalue weighted by Gasteiger charge is -1.92. The Morgan fingerprint density at radius 2 is 2.42 bits per heavy atom. The summed E-state index contributed by atoms with van der Waals surface area (Å²) in [4.78, 5) is 9.65. The number of likely N-dealkylation sites (N-methyl/N-ethyl adjacent to an activating group) is 1. The Balaban J connectivity index is 2.58. The maximum absolute atomic E-state index is 10.2. The van der Waals surface area contributed by atoms with E-state index in [-0.39, 0.29) is 5.88 Å². The van der Waals surface area contributed by atoms with Gasteiger partial charge in [0.2, 0.25) is 0 Å². The van der Waals surface area contributed by atoms with Gasteiger partial charge in [-0.1, -0.05) is 0 Å². The highest BCUT2D eigenvalue weighted by molar-refractivity contribution is 5.17. The minimum atomic E-state index is -0.539. The van der Waals surface area contributed by atoms with Gasteiger partial charge >= 0.3 is 5.88 Å². The van der Waals surface area contributed by atoms with Crippen molar-refractivity contribution >= 4 is 5.88 Å². The van der Waals surface area contributed by atoms with Crippen LogP contribution in [0.5, 0.6) is 0 Å². The molecule has 0 aliphatic rings. The van der Waals surface area contributed by atoms with E-state index in [0.29, 0.717) is 12.2 Å². The number of nitro groups is 1. The van der Waals surface area contributed by atoms with Crippen molar-refractivity contribution in [1.82, 2.24) is 5.32 Å². The van der Waals surface area contributed by atoms with Gasteiger partial charge in [0.15, 0.2) is 0 Å². The Kier molecular flexibility index (Phi) is 2.82. The maximum Gasteiger partial charge on any atom is 0.433 e. The summed E-state index contributed by atoms with van der Waals surface area (Å²) in [6.45, 7) is 0.755. The van der Waals surface area contributed by atoms with Crippen LogP contribution in [-0.2, 0) is 6.42 Å². The Hall–Kier alpha value is -1.36. The molecule has 0 spiro atoms. The fourth-order valence-corrected chi connectivity index (χ4v) is 0.847. The van der Waals surface area contributed by atoms with Crippen LogP contribution in [0.3, 0.4) is 0 Å². The monoisotopic (exact) mass is 170 g/mol. The predicted molar refractivity (Wildman–Crippen MR) is 43.0 cm³/mol. The van der Waals surface area contributed by atoms with Gasteiger partial charge in [0, 0.05) is 13.0 Å². The fraction of sp³-hybridized carbons (Fsp3) is 0.429. The van der Waals surface area contributed by atoms with E-state index in [4.69, 9.17) is 4.42 Å². The van der Waals surface area contributed by atoms with E-state index < -0.39 is 4.92 Å². The van der Waals surface area contributed by atoms with Crippen molar-refractivity contribution < 1.29 is 9.34 Å². The number of nitrogens with one attached hydrogen (secondary N) is 1. The summed E-state index contributed by atoms with van der Waals surface area (Å²) in [7, 11) is 1.82. The van der Waals surface area contributed by atoms with Gasteiger partial charge in [-0.3, -0.25) is 10.1 Å². The molecule has 0 bridgehead atoms. The van der Waals surface area contributed by atoms with Crippen molar-refractivity contribution in [2.45, 2.75) is 6.42 Å². The molecule has 0 atom stereocenters. The van der Waals surface area contributed by atoms with Crippen LogP contribution in [0.1, 0.15) is 5.76 Å². The van der Waals surface area contributed by atoms with Crippen molar-refractivity contribution in [1.29, 1.82) is 0 Å². The molecule has 0 aliphatic heterocycles. The van der Waals surface area contributed by atoms with Crippen LogP contribution in [0.4, 0.5) is 5.88 Å². The third-order valence-corrected chi connectivity index (χ3v) is 1.45. The molecule has 0 radical (unpaired) electrons. The van der Waals surface area contributed by atoms with E-state index in [0.717, 1.165) is 6.54 Å². The van der Waals surface area contributed by atoms with Crippen LogP contribution in [0, 0.1) is 10.1 Å². The highest BCUT2D eigenvalue weighted by atomic mass is 16.6. The van der Waals surface area contributed by atoms with Gasteiger partial charge in [0.05, 0.1) is 6.07 Å². The molecule has 0 fully saturated rings. The molecule has 0 aromatic carbocycles. The summed E-state index contributed by atoms with van der Waals surface area (Å²) in [6, 6.07) is 2.99. The second-order valence-electron chi connectivity index (χ2n) is 2.35. The van der Waals surface area contributed by atoms with Gasteiger partial charge in [-0.15, -0.1) is 0 Å². The zero-order valence-corrected chi connectivity index (χ0v) is 6.74. The molecule has 0 amide bonds. The molecule has 5 nitrogen and oxygen atoms in total. The zero-order chi connectivity index (χ0) is 8.97. The van der Waals surface area contributed by atoms with Crippen LogP contribution in [0.2, 0.25) is 0 Å². The molecule has 0 unspecified atom stereocenters. The molecule has 0 saturated carbocycles. The van der Waals surface area contributed by atoms with Crippen molar-refractivity contribution in [3.05, 3.63) is 28.0 Å².